The van der Waals surface area contributed by atoms with Crippen LogP contribution >= 0.6 is 0 Å². The molecule has 1 fully saturated rings. The molecule has 6 heteroatoms. The Morgan fingerprint density at radius 1 is 1.20 bits per heavy atom. The number of nitrogens with zero attached hydrogens (tertiary/aromatic N) is 3. The van der Waals surface area contributed by atoms with E-state index in [0.717, 1.165) is 16.5 Å². The fraction of sp³-hybridized carbons (Fsp3) is 0.211. The molecule has 25 heavy (non-hydrogen) atoms. The molecule has 2 aromatic carbocycles. The normalized spacial score (nSPS) is 17.2. The minimum absolute atomic E-state index is 0.0958. The zero-order chi connectivity index (χ0) is 17.4. The van der Waals surface area contributed by atoms with Crippen molar-refractivity contribution in [3.05, 3.63) is 60.4 Å². The fourth-order valence-corrected chi connectivity index (χ4v) is 3.28. The van der Waals surface area contributed by atoms with E-state index in [9.17, 15) is 9.59 Å². The van der Waals surface area contributed by atoms with Gasteiger partial charge in [-0.15, -0.1) is 0 Å². The number of aromatic nitrogens is 2. The number of carbonyl (C=O) groups is 2. The van der Waals surface area contributed by atoms with E-state index in [1.807, 2.05) is 43.4 Å². The van der Waals surface area contributed by atoms with Crippen molar-refractivity contribution in [2.45, 2.75) is 12.5 Å². The summed E-state index contributed by atoms with van der Waals surface area (Å²) < 4.78 is 1.66. The molecule has 0 spiro atoms. The molecule has 1 aliphatic heterocycles. The number of amides is 2. The van der Waals surface area contributed by atoms with E-state index in [1.165, 1.54) is 0 Å². The number of benzene rings is 2. The number of anilines is 1. The van der Waals surface area contributed by atoms with Crippen LogP contribution in [-0.2, 0) is 11.8 Å². The summed E-state index contributed by atoms with van der Waals surface area (Å²) in [6.45, 7) is 0.574. The van der Waals surface area contributed by atoms with E-state index in [1.54, 1.807) is 28.0 Å². The summed E-state index contributed by atoms with van der Waals surface area (Å²) in [4.78, 5) is 27.0. The van der Waals surface area contributed by atoms with E-state index in [4.69, 9.17) is 0 Å². The molecule has 0 saturated carbocycles. The number of fused-ring (bicyclic) bond motifs is 1. The Kier molecular flexibility index (Phi) is 3.72. The molecule has 0 bridgehead atoms. The van der Waals surface area contributed by atoms with Crippen molar-refractivity contribution in [2.75, 3.05) is 11.4 Å². The Balaban J connectivity index is 1.54. The molecule has 0 radical (unpaired) electrons. The van der Waals surface area contributed by atoms with Gasteiger partial charge in [0.1, 0.15) is 6.04 Å². The molecule has 4 rings (SSSR count). The van der Waals surface area contributed by atoms with Gasteiger partial charge in [0.05, 0.1) is 11.9 Å². The molecule has 2 heterocycles. The number of carbonyl (C=O) groups excluding carboxylic acids is 2. The van der Waals surface area contributed by atoms with Crippen LogP contribution in [0.5, 0.6) is 0 Å². The Hall–Kier alpha value is -3.15. The lowest BCUT2D eigenvalue weighted by molar-refractivity contribution is -0.118. The van der Waals surface area contributed by atoms with Crippen LogP contribution in [-0.4, -0.2) is 34.2 Å². The molecular weight excluding hydrogens is 316 g/mol. The number of hydrogen-bond donors (Lipinski definition) is 1. The van der Waals surface area contributed by atoms with Crippen LogP contribution in [0.15, 0.2) is 54.9 Å². The lowest BCUT2D eigenvalue weighted by atomic mass is 10.0. The van der Waals surface area contributed by atoms with Crippen LogP contribution in [0.4, 0.5) is 5.69 Å². The van der Waals surface area contributed by atoms with Crippen molar-refractivity contribution in [1.82, 2.24) is 15.1 Å². The predicted octanol–water partition coefficient (Wildman–Crippen LogP) is 2.11. The number of aryl methyl sites for hydroxylation is 1. The molecule has 6 nitrogen and oxygen atoms in total. The summed E-state index contributed by atoms with van der Waals surface area (Å²) in [7, 11) is 1.81. The second kappa shape index (κ2) is 6.05. The van der Waals surface area contributed by atoms with Crippen molar-refractivity contribution >= 4 is 28.3 Å². The lowest BCUT2D eigenvalue weighted by Crippen LogP contribution is -2.41. The molecule has 1 aliphatic rings. The Labute approximate surface area is 145 Å². The number of rotatable bonds is 3. The minimum Gasteiger partial charge on any atom is -0.340 e. The van der Waals surface area contributed by atoms with E-state index in [0.29, 0.717) is 18.5 Å². The van der Waals surface area contributed by atoms with Crippen molar-refractivity contribution in [1.29, 1.82) is 0 Å². The first-order valence-electron chi connectivity index (χ1n) is 8.22. The van der Waals surface area contributed by atoms with Crippen LogP contribution in [0.2, 0.25) is 0 Å². The van der Waals surface area contributed by atoms with Gasteiger partial charge in [-0.25, -0.2) is 0 Å². The highest BCUT2D eigenvalue weighted by Gasteiger charge is 2.34. The minimum atomic E-state index is -0.508. The smallest absolute Gasteiger partial charge is 0.252 e. The standard InChI is InChI=1S/C19H18N4O2/c1-22-12-14(11-20-22)23-10-9-17(19(23)25)21-18(24)16-8-4-6-13-5-2-3-7-15(13)16/h2-8,11-12,17H,9-10H2,1H3,(H,21,24)/t17-/m0/s1. The summed E-state index contributed by atoms with van der Waals surface area (Å²) in [5.41, 5.74) is 1.35. The first-order valence-corrected chi connectivity index (χ1v) is 8.22. The third kappa shape index (κ3) is 2.76. The Morgan fingerprint density at radius 2 is 2.00 bits per heavy atom. The maximum Gasteiger partial charge on any atom is 0.252 e. The first-order chi connectivity index (χ1) is 12.1. The quantitative estimate of drug-likeness (QED) is 0.798. The molecule has 0 aliphatic carbocycles. The van der Waals surface area contributed by atoms with Gasteiger partial charge >= 0.3 is 0 Å². The van der Waals surface area contributed by atoms with Gasteiger partial charge in [0, 0.05) is 25.4 Å². The highest BCUT2D eigenvalue weighted by atomic mass is 16.2. The third-order valence-corrected chi connectivity index (χ3v) is 4.55. The second-order valence-corrected chi connectivity index (χ2v) is 6.20. The molecule has 1 atom stereocenters. The SMILES string of the molecule is Cn1cc(N2CC[C@H](NC(=O)c3cccc4ccccc34)C2=O)cn1. The van der Waals surface area contributed by atoms with Gasteiger partial charge in [-0.1, -0.05) is 36.4 Å². The largest absolute Gasteiger partial charge is 0.340 e. The molecule has 1 aromatic heterocycles. The van der Waals surface area contributed by atoms with Crippen molar-refractivity contribution in [3.63, 3.8) is 0 Å². The zero-order valence-electron chi connectivity index (χ0n) is 13.8. The molecule has 1 N–H and O–H groups in total. The molecule has 126 valence electrons. The Bertz CT molecular complexity index is 957. The highest BCUT2D eigenvalue weighted by molar-refractivity contribution is 6.09. The fourth-order valence-electron chi connectivity index (χ4n) is 3.28. The summed E-state index contributed by atoms with van der Waals surface area (Å²) in [6.07, 6.45) is 4.05. The monoisotopic (exact) mass is 334 g/mol. The predicted molar refractivity (Wildman–Crippen MR) is 95.4 cm³/mol. The van der Waals surface area contributed by atoms with E-state index in [2.05, 4.69) is 10.4 Å². The topological polar surface area (TPSA) is 67.2 Å². The average Bonchev–Trinajstić information content (AvgIpc) is 3.20. The molecule has 3 aromatic rings. The summed E-state index contributed by atoms with van der Waals surface area (Å²) in [5.74, 6) is -0.315. The Morgan fingerprint density at radius 3 is 2.80 bits per heavy atom. The average molecular weight is 334 g/mol. The van der Waals surface area contributed by atoms with Crippen molar-refractivity contribution in [2.24, 2.45) is 7.05 Å². The summed E-state index contributed by atoms with van der Waals surface area (Å²) >= 11 is 0. The van der Waals surface area contributed by atoms with Gasteiger partial charge < -0.3 is 10.2 Å². The lowest BCUT2D eigenvalue weighted by Gasteiger charge is -2.15. The van der Waals surface area contributed by atoms with Gasteiger partial charge in [0.2, 0.25) is 5.91 Å². The van der Waals surface area contributed by atoms with Crippen LogP contribution in [0.25, 0.3) is 10.8 Å². The zero-order valence-corrected chi connectivity index (χ0v) is 13.8. The number of nitrogens with one attached hydrogen (secondary N) is 1. The first kappa shape index (κ1) is 15.4. The van der Waals surface area contributed by atoms with E-state index >= 15 is 0 Å². The second-order valence-electron chi connectivity index (χ2n) is 6.20. The van der Waals surface area contributed by atoms with E-state index in [-0.39, 0.29) is 11.8 Å². The van der Waals surface area contributed by atoms with E-state index < -0.39 is 6.04 Å². The molecule has 1 saturated heterocycles. The van der Waals surface area contributed by atoms with Crippen molar-refractivity contribution < 1.29 is 9.59 Å². The molecular formula is C19H18N4O2. The van der Waals surface area contributed by atoms with Gasteiger partial charge in [-0.3, -0.25) is 14.3 Å². The van der Waals surface area contributed by atoms with Gasteiger partial charge in [-0.2, -0.15) is 5.10 Å². The van der Waals surface area contributed by atoms with Gasteiger partial charge in [0.15, 0.2) is 0 Å². The summed E-state index contributed by atoms with van der Waals surface area (Å²) in [5, 5.41) is 8.88. The summed E-state index contributed by atoms with van der Waals surface area (Å²) in [6, 6.07) is 12.8. The molecule has 0 unspecified atom stereocenters. The molecule has 2 amide bonds. The maximum absolute atomic E-state index is 12.7. The van der Waals surface area contributed by atoms with Crippen LogP contribution in [0.1, 0.15) is 16.8 Å². The van der Waals surface area contributed by atoms with Crippen molar-refractivity contribution in [3.8, 4) is 0 Å². The maximum atomic E-state index is 12.7. The van der Waals surface area contributed by atoms with Gasteiger partial charge in [-0.05, 0) is 23.3 Å². The number of hydrogen-bond acceptors (Lipinski definition) is 3. The van der Waals surface area contributed by atoms with Gasteiger partial charge in [0.25, 0.3) is 5.91 Å². The third-order valence-electron chi connectivity index (χ3n) is 4.55. The van der Waals surface area contributed by atoms with Crippen LogP contribution in [0, 0.1) is 0 Å². The van der Waals surface area contributed by atoms with Crippen LogP contribution in [0.3, 0.4) is 0 Å². The highest BCUT2D eigenvalue weighted by Crippen LogP contribution is 2.22. The van der Waals surface area contributed by atoms with Crippen LogP contribution < -0.4 is 10.2 Å².